The Labute approximate surface area is 171 Å². The summed E-state index contributed by atoms with van der Waals surface area (Å²) in [5.41, 5.74) is 2.95. The molecule has 0 saturated carbocycles. The largest absolute Gasteiger partial charge is 0.464 e. The van der Waals surface area contributed by atoms with Gasteiger partial charge >= 0.3 is 0 Å². The zero-order valence-corrected chi connectivity index (χ0v) is 17.6. The van der Waals surface area contributed by atoms with Crippen molar-refractivity contribution in [2.45, 2.75) is 38.6 Å². The standard InChI is InChI=1S/C22H24N2O4S/c1-14-5-9-19(13-15(14)2)24-29(26,27)20-10-7-18(8-11-20)22(25)23-17(4)21-12-6-16(3)28-21/h5-13,17,24H,1-4H3,(H,23,25). The van der Waals surface area contributed by atoms with Crippen LogP contribution in [0.3, 0.4) is 0 Å². The maximum absolute atomic E-state index is 12.6. The van der Waals surface area contributed by atoms with Gasteiger partial charge in [-0.2, -0.15) is 0 Å². The number of hydrogen-bond acceptors (Lipinski definition) is 4. The molecule has 0 fully saturated rings. The van der Waals surface area contributed by atoms with Gasteiger partial charge in [0.2, 0.25) is 0 Å². The summed E-state index contributed by atoms with van der Waals surface area (Å²) in [7, 11) is -3.75. The second kappa shape index (κ2) is 8.13. The van der Waals surface area contributed by atoms with E-state index in [1.807, 2.05) is 45.9 Å². The van der Waals surface area contributed by atoms with Crippen LogP contribution < -0.4 is 10.0 Å². The number of aryl methyl sites for hydroxylation is 3. The number of carbonyl (C=O) groups excluding carboxylic acids is 1. The first-order valence-electron chi connectivity index (χ1n) is 9.23. The minimum atomic E-state index is -3.75. The lowest BCUT2D eigenvalue weighted by molar-refractivity contribution is 0.0935. The van der Waals surface area contributed by atoms with Gasteiger partial charge in [-0.15, -0.1) is 0 Å². The predicted octanol–water partition coefficient (Wildman–Crippen LogP) is 4.50. The Bertz CT molecular complexity index is 1130. The summed E-state index contributed by atoms with van der Waals surface area (Å²) in [6.07, 6.45) is 0. The van der Waals surface area contributed by atoms with Crippen molar-refractivity contribution in [2.75, 3.05) is 4.72 Å². The van der Waals surface area contributed by atoms with E-state index in [1.165, 1.54) is 24.3 Å². The van der Waals surface area contributed by atoms with Gasteiger partial charge in [0.25, 0.3) is 15.9 Å². The topological polar surface area (TPSA) is 88.4 Å². The molecule has 1 unspecified atom stereocenters. The lowest BCUT2D eigenvalue weighted by atomic mass is 10.1. The molecular weight excluding hydrogens is 388 g/mol. The van der Waals surface area contributed by atoms with Crippen molar-refractivity contribution in [3.8, 4) is 0 Å². The summed E-state index contributed by atoms with van der Waals surface area (Å²) in [5, 5.41) is 2.84. The van der Waals surface area contributed by atoms with Crippen LogP contribution in [0.1, 0.15) is 46.0 Å². The van der Waals surface area contributed by atoms with Gasteiger partial charge in [-0.1, -0.05) is 6.07 Å². The van der Waals surface area contributed by atoms with Crippen molar-refractivity contribution in [3.05, 3.63) is 82.8 Å². The molecule has 1 aromatic heterocycles. The van der Waals surface area contributed by atoms with E-state index >= 15 is 0 Å². The van der Waals surface area contributed by atoms with E-state index in [0.717, 1.165) is 16.9 Å². The van der Waals surface area contributed by atoms with Crippen molar-refractivity contribution in [1.82, 2.24) is 5.32 Å². The molecule has 1 amide bonds. The van der Waals surface area contributed by atoms with E-state index in [0.29, 0.717) is 17.0 Å². The van der Waals surface area contributed by atoms with E-state index in [-0.39, 0.29) is 16.8 Å². The second-order valence-corrected chi connectivity index (χ2v) is 8.75. The molecule has 152 valence electrons. The van der Waals surface area contributed by atoms with Crippen LogP contribution in [0.4, 0.5) is 5.69 Å². The van der Waals surface area contributed by atoms with Gasteiger partial charge in [-0.25, -0.2) is 8.42 Å². The first-order valence-corrected chi connectivity index (χ1v) is 10.7. The highest BCUT2D eigenvalue weighted by atomic mass is 32.2. The van der Waals surface area contributed by atoms with E-state index in [1.54, 1.807) is 12.1 Å². The first-order chi connectivity index (χ1) is 13.7. The van der Waals surface area contributed by atoms with Gasteiger partial charge in [0.05, 0.1) is 10.9 Å². The Kier molecular flexibility index (Phi) is 5.79. The molecule has 3 aromatic rings. The maximum Gasteiger partial charge on any atom is 0.261 e. The fourth-order valence-corrected chi connectivity index (χ4v) is 3.89. The van der Waals surface area contributed by atoms with E-state index in [4.69, 9.17) is 4.42 Å². The Hall–Kier alpha value is -3.06. The summed E-state index contributed by atoms with van der Waals surface area (Å²) < 4.78 is 33.3. The molecule has 0 saturated heterocycles. The Morgan fingerprint density at radius 2 is 1.62 bits per heavy atom. The molecule has 2 N–H and O–H groups in total. The van der Waals surface area contributed by atoms with Crippen LogP contribution in [0.2, 0.25) is 0 Å². The molecule has 1 atom stereocenters. The van der Waals surface area contributed by atoms with Gasteiger partial charge in [0.15, 0.2) is 0 Å². The zero-order chi connectivity index (χ0) is 21.2. The molecule has 3 rings (SSSR count). The summed E-state index contributed by atoms with van der Waals surface area (Å²) in [6, 6.07) is 14.5. The molecule has 0 aliphatic heterocycles. The van der Waals surface area contributed by atoms with Crippen molar-refractivity contribution in [1.29, 1.82) is 0 Å². The average Bonchev–Trinajstić information content (AvgIpc) is 3.11. The number of hydrogen-bond donors (Lipinski definition) is 2. The predicted molar refractivity (Wildman–Crippen MR) is 112 cm³/mol. The molecule has 2 aromatic carbocycles. The molecular formula is C22H24N2O4S. The van der Waals surface area contributed by atoms with Crippen LogP contribution >= 0.6 is 0 Å². The third-order valence-electron chi connectivity index (χ3n) is 4.72. The quantitative estimate of drug-likeness (QED) is 0.624. The van der Waals surface area contributed by atoms with Gasteiger partial charge in [0.1, 0.15) is 11.5 Å². The molecule has 0 radical (unpaired) electrons. The third kappa shape index (κ3) is 4.86. The number of anilines is 1. The molecule has 29 heavy (non-hydrogen) atoms. The lowest BCUT2D eigenvalue weighted by Crippen LogP contribution is -2.26. The molecule has 0 bridgehead atoms. The van der Waals surface area contributed by atoms with Crippen LogP contribution in [-0.2, 0) is 10.0 Å². The smallest absolute Gasteiger partial charge is 0.261 e. The minimum absolute atomic E-state index is 0.0852. The van der Waals surface area contributed by atoms with E-state index in [2.05, 4.69) is 10.0 Å². The Balaban J connectivity index is 1.71. The molecule has 0 aliphatic carbocycles. The van der Waals surface area contributed by atoms with Gasteiger partial charge < -0.3 is 9.73 Å². The number of nitrogens with one attached hydrogen (secondary N) is 2. The van der Waals surface area contributed by atoms with Crippen molar-refractivity contribution in [2.24, 2.45) is 0 Å². The SMILES string of the molecule is Cc1ccc(C(C)NC(=O)c2ccc(S(=O)(=O)Nc3ccc(C)c(C)c3)cc2)o1. The average molecular weight is 413 g/mol. The van der Waals surface area contributed by atoms with Crippen molar-refractivity contribution >= 4 is 21.6 Å². The Morgan fingerprint density at radius 1 is 0.931 bits per heavy atom. The van der Waals surface area contributed by atoms with Gasteiger partial charge in [0, 0.05) is 11.3 Å². The molecule has 1 heterocycles. The first kappa shape index (κ1) is 20.7. The van der Waals surface area contributed by atoms with Crippen LogP contribution in [0.5, 0.6) is 0 Å². The number of amides is 1. The van der Waals surface area contributed by atoms with E-state index in [9.17, 15) is 13.2 Å². The van der Waals surface area contributed by atoms with Crippen molar-refractivity contribution < 1.29 is 17.6 Å². The van der Waals surface area contributed by atoms with Crippen LogP contribution in [0.25, 0.3) is 0 Å². The molecule has 0 aliphatic rings. The monoisotopic (exact) mass is 412 g/mol. The van der Waals surface area contributed by atoms with Crippen molar-refractivity contribution in [3.63, 3.8) is 0 Å². The molecule has 0 spiro atoms. The minimum Gasteiger partial charge on any atom is -0.464 e. The number of sulfonamides is 1. The summed E-state index contributed by atoms with van der Waals surface area (Å²) in [4.78, 5) is 12.5. The highest BCUT2D eigenvalue weighted by Crippen LogP contribution is 2.20. The highest BCUT2D eigenvalue weighted by molar-refractivity contribution is 7.92. The summed E-state index contributed by atoms with van der Waals surface area (Å²) in [5.74, 6) is 1.12. The van der Waals surface area contributed by atoms with E-state index < -0.39 is 10.0 Å². The van der Waals surface area contributed by atoms with Gasteiger partial charge in [-0.05, 0) is 87.4 Å². The normalized spacial score (nSPS) is 12.4. The van der Waals surface area contributed by atoms with Crippen LogP contribution in [0.15, 0.2) is 63.9 Å². The Morgan fingerprint density at radius 3 is 2.21 bits per heavy atom. The summed E-state index contributed by atoms with van der Waals surface area (Å²) in [6.45, 7) is 7.54. The number of furan rings is 1. The van der Waals surface area contributed by atoms with Crippen LogP contribution in [0, 0.1) is 20.8 Å². The van der Waals surface area contributed by atoms with Gasteiger partial charge in [-0.3, -0.25) is 9.52 Å². The highest BCUT2D eigenvalue weighted by Gasteiger charge is 2.17. The maximum atomic E-state index is 12.6. The third-order valence-corrected chi connectivity index (χ3v) is 6.12. The molecule has 6 nitrogen and oxygen atoms in total. The summed E-state index contributed by atoms with van der Waals surface area (Å²) >= 11 is 0. The second-order valence-electron chi connectivity index (χ2n) is 7.07. The zero-order valence-electron chi connectivity index (χ0n) is 16.8. The number of benzene rings is 2. The fourth-order valence-electron chi connectivity index (χ4n) is 2.84. The lowest BCUT2D eigenvalue weighted by Gasteiger charge is -2.13. The van der Waals surface area contributed by atoms with Crippen LogP contribution in [-0.4, -0.2) is 14.3 Å². The number of carbonyl (C=O) groups is 1. The fraction of sp³-hybridized carbons (Fsp3) is 0.227. The molecule has 7 heteroatoms. The number of rotatable bonds is 6.